The van der Waals surface area contributed by atoms with E-state index in [9.17, 15) is 0 Å². The molecule has 4 nitrogen and oxygen atoms in total. The maximum atomic E-state index is 6.09. The normalized spacial score (nSPS) is 12.5. The van der Waals surface area contributed by atoms with E-state index in [1.807, 2.05) is 30.3 Å². The van der Waals surface area contributed by atoms with Crippen LogP contribution < -0.4 is 4.74 Å². The number of imidazole rings is 1. The molecule has 0 aliphatic heterocycles. The van der Waals surface area contributed by atoms with Crippen molar-refractivity contribution < 1.29 is 4.74 Å². The lowest BCUT2D eigenvalue weighted by atomic mass is 10.1. The van der Waals surface area contributed by atoms with Crippen LogP contribution in [0.3, 0.4) is 0 Å². The molecule has 0 fully saturated rings. The highest BCUT2D eigenvalue weighted by Crippen LogP contribution is 2.31. The van der Waals surface area contributed by atoms with Gasteiger partial charge in [0.25, 0.3) is 0 Å². The van der Waals surface area contributed by atoms with E-state index in [0.717, 1.165) is 22.6 Å². The molecule has 1 aromatic carbocycles. The molecule has 1 atom stereocenters. The van der Waals surface area contributed by atoms with E-state index >= 15 is 0 Å². The number of rotatable bonds is 4. The highest BCUT2D eigenvalue weighted by Gasteiger charge is 2.18. The first-order valence-electron chi connectivity index (χ1n) is 6.76. The summed E-state index contributed by atoms with van der Waals surface area (Å²) in [7, 11) is 1.65. The summed E-state index contributed by atoms with van der Waals surface area (Å²) in [5, 5.41) is 0. The number of hydrogen-bond donors (Lipinski definition) is 0. The molecular formula is C16H16ClN3O. The second kappa shape index (κ2) is 5.74. The van der Waals surface area contributed by atoms with E-state index in [1.165, 1.54) is 5.56 Å². The van der Waals surface area contributed by atoms with Crippen LogP contribution in [-0.2, 0) is 5.88 Å². The standard InChI is InChI=1S/C16H16ClN3O/c1-11(12-6-8-18-9-7-12)20-13-4-3-5-14(21-2)16(13)19-15(20)10-17/h3-9,11H,10H2,1-2H3. The molecule has 21 heavy (non-hydrogen) atoms. The number of hydrogen-bond acceptors (Lipinski definition) is 3. The van der Waals surface area contributed by atoms with Crippen molar-refractivity contribution in [2.75, 3.05) is 7.11 Å². The summed E-state index contributed by atoms with van der Waals surface area (Å²) in [5.41, 5.74) is 3.03. The van der Waals surface area contributed by atoms with E-state index in [4.69, 9.17) is 16.3 Å². The second-order valence-corrected chi connectivity index (χ2v) is 5.08. The lowest BCUT2D eigenvalue weighted by Gasteiger charge is -2.17. The zero-order valence-electron chi connectivity index (χ0n) is 12.0. The summed E-state index contributed by atoms with van der Waals surface area (Å²) in [6.07, 6.45) is 3.60. The third kappa shape index (κ3) is 2.36. The molecule has 3 rings (SSSR count). The maximum Gasteiger partial charge on any atom is 0.146 e. The summed E-state index contributed by atoms with van der Waals surface area (Å²) in [4.78, 5) is 8.71. The van der Waals surface area contributed by atoms with E-state index < -0.39 is 0 Å². The fourth-order valence-corrected chi connectivity index (χ4v) is 2.81. The van der Waals surface area contributed by atoms with Gasteiger partial charge in [-0.2, -0.15) is 0 Å². The summed E-state index contributed by atoms with van der Waals surface area (Å²) >= 11 is 6.09. The number of alkyl halides is 1. The Morgan fingerprint density at radius 2 is 2.00 bits per heavy atom. The van der Waals surface area contributed by atoms with Crippen molar-refractivity contribution in [3.05, 3.63) is 54.1 Å². The lowest BCUT2D eigenvalue weighted by Crippen LogP contribution is -2.09. The Bertz CT molecular complexity index is 755. The van der Waals surface area contributed by atoms with Crippen molar-refractivity contribution in [1.29, 1.82) is 0 Å². The molecule has 0 spiro atoms. The average Bonchev–Trinajstić information content (AvgIpc) is 2.93. The zero-order chi connectivity index (χ0) is 14.8. The molecule has 0 saturated carbocycles. The molecule has 5 heteroatoms. The number of methoxy groups -OCH3 is 1. The number of pyridine rings is 1. The number of benzene rings is 1. The highest BCUT2D eigenvalue weighted by molar-refractivity contribution is 6.16. The molecule has 0 bridgehead atoms. The Hall–Kier alpha value is -2.07. The molecule has 108 valence electrons. The predicted molar refractivity (Wildman–Crippen MR) is 83.9 cm³/mol. The first-order chi connectivity index (χ1) is 10.3. The van der Waals surface area contributed by atoms with Gasteiger partial charge < -0.3 is 9.30 Å². The molecule has 0 saturated heterocycles. The molecule has 2 aromatic heterocycles. The number of aromatic nitrogens is 3. The molecule has 3 aromatic rings. The molecule has 0 N–H and O–H groups in total. The van der Waals surface area contributed by atoms with Crippen LogP contribution in [0.5, 0.6) is 5.75 Å². The zero-order valence-corrected chi connectivity index (χ0v) is 12.7. The van der Waals surface area contributed by atoms with Crippen LogP contribution in [0.4, 0.5) is 0 Å². The Morgan fingerprint density at radius 1 is 1.24 bits per heavy atom. The first-order valence-corrected chi connectivity index (χ1v) is 7.29. The average molecular weight is 302 g/mol. The molecule has 2 heterocycles. The fourth-order valence-electron chi connectivity index (χ4n) is 2.62. The summed E-state index contributed by atoms with van der Waals surface area (Å²) in [6, 6.07) is 10.1. The minimum atomic E-state index is 0.124. The molecular weight excluding hydrogens is 286 g/mol. The van der Waals surface area contributed by atoms with Gasteiger partial charge in [0.15, 0.2) is 0 Å². The number of nitrogens with zero attached hydrogens (tertiary/aromatic N) is 3. The first kappa shape index (κ1) is 13.9. The predicted octanol–water partition coefficient (Wildman–Crippen LogP) is 3.79. The molecule has 0 aliphatic carbocycles. The molecule has 0 aliphatic rings. The van der Waals surface area contributed by atoms with Crippen molar-refractivity contribution in [1.82, 2.24) is 14.5 Å². The smallest absolute Gasteiger partial charge is 0.146 e. The van der Waals surface area contributed by atoms with Crippen molar-refractivity contribution >= 4 is 22.6 Å². The van der Waals surface area contributed by atoms with Crippen molar-refractivity contribution in [2.45, 2.75) is 18.8 Å². The van der Waals surface area contributed by atoms with Gasteiger partial charge in [-0.3, -0.25) is 4.98 Å². The van der Waals surface area contributed by atoms with Crippen molar-refractivity contribution in [2.24, 2.45) is 0 Å². The van der Waals surface area contributed by atoms with Crippen LogP contribution in [0, 0.1) is 0 Å². The Kier molecular flexibility index (Phi) is 3.80. The van der Waals surface area contributed by atoms with Gasteiger partial charge >= 0.3 is 0 Å². The van der Waals surface area contributed by atoms with Crippen molar-refractivity contribution in [3.8, 4) is 5.75 Å². The van der Waals surface area contributed by atoms with E-state index in [1.54, 1.807) is 19.5 Å². The van der Waals surface area contributed by atoms with E-state index in [0.29, 0.717) is 5.88 Å². The minimum absolute atomic E-state index is 0.124. The molecule has 1 unspecified atom stereocenters. The highest BCUT2D eigenvalue weighted by atomic mass is 35.5. The number of para-hydroxylation sites is 1. The third-order valence-corrected chi connectivity index (χ3v) is 3.91. The topological polar surface area (TPSA) is 39.9 Å². The lowest BCUT2D eigenvalue weighted by molar-refractivity contribution is 0.419. The van der Waals surface area contributed by atoms with Gasteiger partial charge in [-0.05, 0) is 36.8 Å². The largest absolute Gasteiger partial charge is 0.494 e. The van der Waals surface area contributed by atoms with Gasteiger partial charge in [0.05, 0.1) is 24.5 Å². The van der Waals surface area contributed by atoms with Crippen LogP contribution in [-0.4, -0.2) is 21.6 Å². The number of ether oxygens (including phenoxy) is 1. The number of halogens is 1. The van der Waals surface area contributed by atoms with Gasteiger partial charge in [-0.15, -0.1) is 11.6 Å². The Morgan fingerprint density at radius 3 is 2.67 bits per heavy atom. The Balaban J connectivity index is 2.21. The van der Waals surface area contributed by atoms with Crippen LogP contribution in [0.1, 0.15) is 24.4 Å². The molecule has 0 amide bonds. The van der Waals surface area contributed by atoms with E-state index in [2.05, 4.69) is 21.5 Å². The fraction of sp³-hybridized carbons (Fsp3) is 0.250. The Labute approximate surface area is 128 Å². The van der Waals surface area contributed by atoms with Gasteiger partial charge in [0, 0.05) is 12.4 Å². The van der Waals surface area contributed by atoms with Gasteiger partial charge in [0.2, 0.25) is 0 Å². The quantitative estimate of drug-likeness (QED) is 0.688. The van der Waals surface area contributed by atoms with Gasteiger partial charge in [-0.25, -0.2) is 4.98 Å². The van der Waals surface area contributed by atoms with Crippen molar-refractivity contribution in [3.63, 3.8) is 0 Å². The number of fused-ring (bicyclic) bond motifs is 1. The second-order valence-electron chi connectivity index (χ2n) is 4.82. The SMILES string of the molecule is COc1cccc2c1nc(CCl)n2C(C)c1ccncc1. The van der Waals surface area contributed by atoms with Gasteiger partial charge in [-0.1, -0.05) is 6.07 Å². The molecule has 0 radical (unpaired) electrons. The van der Waals surface area contributed by atoms with Crippen LogP contribution >= 0.6 is 11.6 Å². The maximum absolute atomic E-state index is 6.09. The minimum Gasteiger partial charge on any atom is -0.494 e. The summed E-state index contributed by atoms with van der Waals surface area (Å²) < 4.78 is 7.55. The summed E-state index contributed by atoms with van der Waals surface area (Å²) in [6.45, 7) is 2.13. The monoisotopic (exact) mass is 301 g/mol. The van der Waals surface area contributed by atoms with Crippen LogP contribution in [0.2, 0.25) is 0 Å². The summed E-state index contributed by atoms with van der Waals surface area (Å²) in [5.74, 6) is 1.95. The third-order valence-electron chi connectivity index (χ3n) is 3.67. The van der Waals surface area contributed by atoms with Crippen LogP contribution in [0.15, 0.2) is 42.7 Å². The van der Waals surface area contributed by atoms with Gasteiger partial charge in [0.1, 0.15) is 17.1 Å². The van der Waals surface area contributed by atoms with Crippen LogP contribution in [0.25, 0.3) is 11.0 Å². The van der Waals surface area contributed by atoms with E-state index in [-0.39, 0.29) is 6.04 Å².